The van der Waals surface area contributed by atoms with Gasteiger partial charge in [0.25, 0.3) is 0 Å². The zero-order valence-electron chi connectivity index (χ0n) is 17.8. The van der Waals surface area contributed by atoms with Crippen molar-refractivity contribution in [3.63, 3.8) is 0 Å². The largest absolute Gasteiger partial charge is 0.444 e. The summed E-state index contributed by atoms with van der Waals surface area (Å²) in [6, 6.07) is 0.667. The Morgan fingerprint density at radius 3 is 2.28 bits per heavy atom. The Labute approximate surface area is 156 Å². The summed E-state index contributed by atoms with van der Waals surface area (Å²) in [5.41, 5.74) is -0.418. The van der Waals surface area contributed by atoms with Crippen LogP contribution in [0.3, 0.4) is 0 Å². The van der Waals surface area contributed by atoms with Gasteiger partial charge in [-0.05, 0) is 65.7 Å². The Morgan fingerprint density at radius 2 is 1.68 bits per heavy atom. The molecule has 0 bridgehead atoms. The fourth-order valence-electron chi connectivity index (χ4n) is 4.15. The van der Waals surface area contributed by atoms with E-state index in [4.69, 9.17) is 4.74 Å². The number of unbranched alkanes of at least 4 members (excludes halogenated alkanes) is 4. The van der Waals surface area contributed by atoms with E-state index < -0.39 is 5.60 Å². The third-order valence-corrected chi connectivity index (χ3v) is 5.46. The molecule has 3 nitrogen and oxygen atoms in total. The molecule has 25 heavy (non-hydrogen) atoms. The number of piperidine rings is 1. The average Bonchev–Trinajstić information content (AvgIpc) is 2.52. The van der Waals surface area contributed by atoms with Crippen molar-refractivity contribution in [3.8, 4) is 0 Å². The normalized spacial score (nSPS) is 22.7. The fourth-order valence-corrected chi connectivity index (χ4v) is 4.15. The maximum absolute atomic E-state index is 12.9. The topological polar surface area (TPSA) is 29.5 Å². The van der Waals surface area contributed by atoms with Crippen LogP contribution in [0.1, 0.15) is 112 Å². The molecule has 3 heteroatoms. The van der Waals surface area contributed by atoms with Gasteiger partial charge in [0.05, 0.1) is 0 Å². The predicted molar refractivity (Wildman–Crippen MR) is 107 cm³/mol. The Kier molecular flexibility index (Phi) is 9.89. The van der Waals surface area contributed by atoms with Gasteiger partial charge in [-0.3, -0.25) is 0 Å². The first-order valence-corrected chi connectivity index (χ1v) is 10.8. The standard InChI is InChI=1S/C22H43NO2/c1-7-9-11-12-16-19(15-10-8-2)20-17-13-14-18(3)23(20)21(24)25-22(4,5)6/h18-20H,7-17H2,1-6H3/t18-,19?,20+/m0/s1. The van der Waals surface area contributed by atoms with Crippen LogP contribution < -0.4 is 0 Å². The van der Waals surface area contributed by atoms with Crippen LogP contribution >= 0.6 is 0 Å². The molecule has 1 amide bonds. The summed E-state index contributed by atoms with van der Waals surface area (Å²) in [5.74, 6) is 0.632. The van der Waals surface area contributed by atoms with Crippen LogP contribution in [-0.4, -0.2) is 28.7 Å². The lowest BCUT2D eigenvalue weighted by atomic mass is 9.82. The summed E-state index contributed by atoms with van der Waals surface area (Å²) in [7, 11) is 0. The van der Waals surface area contributed by atoms with Crippen LogP contribution in [0.25, 0.3) is 0 Å². The summed E-state index contributed by atoms with van der Waals surface area (Å²) in [6.45, 7) is 12.6. The first kappa shape index (κ1) is 22.3. The van der Waals surface area contributed by atoms with E-state index in [1.165, 1.54) is 57.8 Å². The first-order valence-electron chi connectivity index (χ1n) is 10.8. The monoisotopic (exact) mass is 353 g/mol. The molecule has 1 aliphatic rings. The van der Waals surface area contributed by atoms with E-state index in [1.807, 2.05) is 20.8 Å². The number of rotatable bonds is 9. The van der Waals surface area contributed by atoms with Crippen LogP contribution in [0.15, 0.2) is 0 Å². The zero-order valence-corrected chi connectivity index (χ0v) is 17.8. The van der Waals surface area contributed by atoms with Gasteiger partial charge in [0.1, 0.15) is 5.60 Å². The van der Waals surface area contributed by atoms with Crippen molar-refractivity contribution in [1.29, 1.82) is 0 Å². The maximum Gasteiger partial charge on any atom is 0.410 e. The third kappa shape index (κ3) is 8.00. The van der Waals surface area contributed by atoms with Crippen molar-refractivity contribution in [2.75, 3.05) is 0 Å². The predicted octanol–water partition coefficient (Wildman–Crippen LogP) is 6.94. The lowest BCUT2D eigenvalue weighted by Gasteiger charge is -2.44. The quantitative estimate of drug-likeness (QED) is 0.420. The van der Waals surface area contributed by atoms with Crippen molar-refractivity contribution < 1.29 is 9.53 Å². The summed E-state index contributed by atoms with van der Waals surface area (Å²) in [5, 5.41) is 0. The lowest BCUT2D eigenvalue weighted by molar-refractivity contribution is -0.0149. The van der Waals surface area contributed by atoms with Crippen molar-refractivity contribution >= 4 is 6.09 Å². The van der Waals surface area contributed by atoms with Crippen molar-refractivity contribution in [3.05, 3.63) is 0 Å². The first-order chi connectivity index (χ1) is 11.8. The number of hydrogen-bond acceptors (Lipinski definition) is 2. The molecular formula is C22H43NO2. The third-order valence-electron chi connectivity index (χ3n) is 5.46. The molecule has 0 aromatic heterocycles. The maximum atomic E-state index is 12.9. The second kappa shape index (κ2) is 11.1. The van der Waals surface area contributed by atoms with Crippen LogP contribution in [-0.2, 0) is 4.74 Å². The molecule has 1 heterocycles. The number of carbonyl (C=O) groups is 1. The second-order valence-corrected chi connectivity index (χ2v) is 8.99. The molecule has 0 N–H and O–H groups in total. The lowest BCUT2D eigenvalue weighted by Crippen LogP contribution is -2.53. The van der Waals surface area contributed by atoms with E-state index in [0.717, 1.165) is 12.8 Å². The molecule has 3 atom stereocenters. The molecule has 0 spiro atoms. The fraction of sp³-hybridized carbons (Fsp3) is 0.955. The molecular weight excluding hydrogens is 310 g/mol. The van der Waals surface area contributed by atoms with Gasteiger partial charge < -0.3 is 9.64 Å². The van der Waals surface area contributed by atoms with Crippen molar-refractivity contribution in [1.82, 2.24) is 4.90 Å². The minimum absolute atomic E-state index is 0.0974. The smallest absolute Gasteiger partial charge is 0.410 e. The number of amides is 1. The molecule has 0 aromatic rings. The van der Waals surface area contributed by atoms with Crippen LogP contribution in [0.5, 0.6) is 0 Å². The number of nitrogens with zero attached hydrogens (tertiary/aromatic N) is 1. The highest BCUT2D eigenvalue weighted by atomic mass is 16.6. The Hall–Kier alpha value is -0.730. The molecule has 0 aromatic carbocycles. The van der Waals surface area contributed by atoms with Crippen LogP contribution in [0, 0.1) is 5.92 Å². The van der Waals surface area contributed by atoms with E-state index >= 15 is 0 Å². The van der Waals surface area contributed by atoms with E-state index in [1.54, 1.807) is 0 Å². The van der Waals surface area contributed by atoms with Crippen molar-refractivity contribution in [2.45, 2.75) is 130 Å². The SMILES string of the molecule is CCCCCCC(CCCC)[C@H]1CCC[C@H](C)N1C(=O)OC(C)(C)C. The highest BCUT2D eigenvalue weighted by molar-refractivity contribution is 5.69. The van der Waals surface area contributed by atoms with Gasteiger partial charge >= 0.3 is 6.09 Å². The number of ether oxygens (including phenoxy) is 1. The molecule has 1 aliphatic heterocycles. The van der Waals surface area contributed by atoms with Gasteiger partial charge in [0, 0.05) is 12.1 Å². The number of carbonyl (C=O) groups excluding carboxylic acids is 1. The van der Waals surface area contributed by atoms with Gasteiger partial charge in [-0.1, -0.05) is 52.4 Å². The molecule has 1 unspecified atom stereocenters. The van der Waals surface area contributed by atoms with E-state index in [9.17, 15) is 4.79 Å². The Bertz CT molecular complexity index is 375. The van der Waals surface area contributed by atoms with Gasteiger partial charge in [-0.15, -0.1) is 0 Å². The highest BCUT2D eigenvalue weighted by Gasteiger charge is 2.38. The van der Waals surface area contributed by atoms with E-state index in [0.29, 0.717) is 18.0 Å². The zero-order chi connectivity index (χ0) is 18.9. The number of likely N-dealkylation sites (tertiary alicyclic amines) is 1. The molecule has 1 fully saturated rings. The summed E-state index contributed by atoms with van der Waals surface area (Å²) in [4.78, 5) is 15.0. The molecule has 1 rings (SSSR count). The Balaban J connectivity index is 2.83. The van der Waals surface area contributed by atoms with Gasteiger partial charge in [0.2, 0.25) is 0 Å². The minimum Gasteiger partial charge on any atom is -0.444 e. The summed E-state index contributed by atoms with van der Waals surface area (Å²) in [6.07, 6.45) is 13.6. The summed E-state index contributed by atoms with van der Waals surface area (Å²) >= 11 is 0. The van der Waals surface area contributed by atoms with Gasteiger partial charge in [-0.2, -0.15) is 0 Å². The van der Waals surface area contributed by atoms with E-state index in [2.05, 4.69) is 25.7 Å². The molecule has 0 radical (unpaired) electrons. The molecule has 1 saturated heterocycles. The van der Waals surface area contributed by atoms with Crippen LogP contribution in [0.2, 0.25) is 0 Å². The minimum atomic E-state index is -0.418. The van der Waals surface area contributed by atoms with Crippen molar-refractivity contribution in [2.24, 2.45) is 5.92 Å². The molecule has 0 saturated carbocycles. The average molecular weight is 354 g/mol. The molecule has 148 valence electrons. The second-order valence-electron chi connectivity index (χ2n) is 8.99. The molecule has 0 aliphatic carbocycles. The van der Waals surface area contributed by atoms with E-state index in [-0.39, 0.29) is 6.09 Å². The van der Waals surface area contributed by atoms with Crippen LogP contribution in [0.4, 0.5) is 4.79 Å². The Morgan fingerprint density at radius 1 is 1.04 bits per heavy atom. The number of hydrogen-bond donors (Lipinski definition) is 0. The van der Waals surface area contributed by atoms with Gasteiger partial charge in [-0.25, -0.2) is 4.79 Å². The van der Waals surface area contributed by atoms with Gasteiger partial charge in [0.15, 0.2) is 0 Å². The highest BCUT2D eigenvalue weighted by Crippen LogP contribution is 2.34. The summed E-state index contributed by atoms with van der Waals surface area (Å²) < 4.78 is 5.76.